The molecule has 1 N–H and O–H groups in total. The molecule has 0 saturated heterocycles. The van der Waals surface area contributed by atoms with Gasteiger partial charge in [0.25, 0.3) is 0 Å². The van der Waals surface area contributed by atoms with Gasteiger partial charge in [0.1, 0.15) is 0 Å². The Balaban J connectivity index is 1.48. The van der Waals surface area contributed by atoms with E-state index in [1.54, 1.807) is 0 Å². The van der Waals surface area contributed by atoms with Crippen LogP contribution in [0.4, 0.5) is 5.69 Å². The lowest BCUT2D eigenvalue weighted by Crippen LogP contribution is -2.22. The molecule has 3 aromatic rings. The minimum atomic E-state index is 0.646. The first-order valence-electron chi connectivity index (χ1n) is 10.7. The van der Waals surface area contributed by atoms with E-state index in [1.165, 1.54) is 60.1 Å². The fraction of sp³-hybridized carbons (Fsp3) is 0.214. The first-order chi connectivity index (χ1) is 14.4. The zero-order valence-corrected chi connectivity index (χ0v) is 16.9. The highest BCUT2D eigenvalue weighted by Crippen LogP contribution is 2.24. The maximum atomic E-state index is 3.69. The van der Waals surface area contributed by atoms with Crippen LogP contribution in [0.1, 0.15) is 48.8 Å². The lowest BCUT2D eigenvalue weighted by molar-refractivity contribution is 0.463. The Labute approximate surface area is 174 Å². The molecule has 1 heteroatoms. The standard InChI is InChI=1S/C28H29N/c1-4-12-24(13-5-1)28(25-14-6-2-7-15-25)18-10-11-23-19-21-27(22-20-23)29-26-16-8-3-9-17-26/h1-2,4-7,10-15,18-22,26,29H,3,8-9,16-17H2. The third kappa shape index (κ3) is 5.48. The molecule has 146 valence electrons. The molecular weight excluding hydrogens is 350 g/mol. The number of benzene rings is 3. The van der Waals surface area contributed by atoms with Gasteiger partial charge >= 0.3 is 0 Å². The third-order valence-electron chi connectivity index (χ3n) is 5.61. The van der Waals surface area contributed by atoms with Crippen LogP contribution in [0, 0.1) is 0 Å². The van der Waals surface area contributed by atoms with Crippen LogP contribution < -0.4 is 5.32 Å². The minimum Gasteiger partial charge on any atom is -0.382 e. The summed E-state index contributed by atoms with van der Waals surface area (Å²) in [5.74, 6) is 0. The summed E-state index contributed by atoms with van der Waals surface area (Å²) in [6, 6.07) is 30.6. The van der Waals surface area contributed by atoms with Gasteiger partial charge in [-0.1, -0.05) is 110 Å². The van der Waals surface area contributed by atoms with Crippen molar-refractivity contribution in [1.82, 2.24) is 0 Å². The van der Waals surface area contributed by atoms with Crippen LogP contribution >= 0.6 is 0 Å². The van der Waals surface area contributed by atoms with Crippen molar-refractivity contribution in [1.29, 1.82) is 0 Å². The van der Waals surface area contributed by atoms with Gasteiger partial charge in [0.05, 0.1) is 0 Å². The third-order valence-corrected chi connectivity index (χ3v) is 5.61. The van der Waals surface area contributed by atoms with Crippen molar-refractivity contribution in [2.75, 3.05) is 5.32 Å². The molecule has 0 aliphatic heterocycles. The zero-order valence-electron chi connectivity index (χ0n) is 16.9. The molecule has 1 nitrogen and oxygen atoms in total. The summed E-state index contributed by atoms with van der Waals surface area (Å²) in [5, 5.41) is 3.69. The molecule has 0 atom stereocenters. The minimum absolute atomic E-state index is 0.646. The van der Waals surface area contributed by atoms with E-state index in [1.807, 2.05) is 0 Å². The molecule has 1 saturated carbocycles. The summed E-state index contributed by atoms with van der Waals surface area (Å²) in [5.41, 5.74) is 6.15. The maximum absolute atomic E-state index is 3.69. The smallest absolute Gasteiger partial charge is 0.0342 e. The van der Waals surface area contributed by atoms with E-state index in [4.69, 9.17) is 0 Å². The van der Waals surface area contributed by atoms with Gasteiger partial charge in [-0.15, -0.1) is 0 Å². The van der Waals surface area contributed by atoms with Crippen molar-refractivity contribution in [3.63, 3.8) is 0 Å². The van der Waals surface area contributed by atoms with Gasteiger partial charge in [-0.25, -0.2) is 0 Å². The Kier molecular flexibility index (Phi) is 6.60. The summed E-state index contributed by atoms with van der Waals surface area (Å²) < 4.78 is 0. The second-order valence-corrected chi connectivity index (χ2v) is 7.77. The number of rotatable bonds is 6. The second kappa shape index (κ2) is 9.93. The molecule has 0 bridgehead atoms. The van der Waals surface area contributed by atoms with Crippen LogP contribution in [0.5, 0.6) is 0 Å². The molecule has 0 spiro atoms. The Hall–Kier alpha value is -3.06. The number of nitrogens with one attached hydrogen (secondary N) is 1. The Morgan fingerprint density at radius 1 is 0.690 bits per heavy atom. The van der Waals surface area contributed by atoms with Crippen LogP contribution in [-0.2, 0) is 0 Å². The Morgan fingerprint density at radius 3 is 1.86 bits per heavy atom. The number of hydrogen-bond acceptors (Lipinski definition) is 1. The van der Waals surface area contributed by atoms with Gasteiger partial charge in [-0.3, -0.25) is 0 Å². The molecule has 3 aromatic carbocycles. The van der Waals surface area contributed by atoms with Gasteiger partial charge in [0.2, 0.25) is 0 Å². The Bertz CT molecular complexity index is 889. The van der Waals surface area contributed by atoms with Crippen molar-refractivity contribution in [3.8, 4) is 0 Å². The van der Waals surface area contributed by atoms with Crippen LogP contribution in [0.3, 0.4) is 0 Å². The number of anilines is 1. The first-order valence-corrected chi connectivity index (χ1v) is 10.7. The van der Waals surface area contributed by atoms with Gasteiger partial charge in [-0.05, 0) is 47.2 Å². The monoisotopic (exact) mass is 379 g/mol. The lowest BCUT2D eigenvalue weighted by Gasteiger charge is -2.23. The van der Waals surface area contributed by atoms with E-state index in [2.05, 4.69) is 108 Å². The topological polar surface area (TPSA) is 12.0 Å². The largest absolute Gasteiger partial charge is 0.382 e. The fourth-order valence-corrected chi connectivity index (χ4v) is 4.02. The van der Waals surface area contributed by atoms with Crippen molar-refractivity contribution in [2.24, 2.45) is 0 Å². The van der Waals surface area contributed by atoms with E-state index in [0.717, 1.165) is 0 Å². The van der Waals surface area contributed by atoms with E-state index >= 15 is 0 Å². The van der Waals surface area contributed by atoms with E-state index in [9.17, 15) is 0 Å². The van der Waals surface area contributed by atoms with Gasteiger partial charge in [-0.2, -0.15) is 0 Å². The first kappa shape index (κ1) is 19.3. The zero-order chi connectivity index (χ0) is 19.7. The van der Waals surface area contributed by atoms with Crippen molar-refractivity contribution < 1.29 is 0 Å². The molecule has 0 radical (unpaired) electrons. The summed E-state index contributed by atoms with van der Waals surface area (Å²) in [6.45, 7) is 0. The van der Waals surface area contributed by atoms with Crippen LogP contribution in [0.25, 0.3) is 11.6 Å². The quantitative estimate of drug-likeness (QED) is 0.435. The van der Waals surface area contributed by atoms with Crippen LogP contribution in [-0.4, -0.2) is 6.04 Å². The number of allylic oxidation sites excluding steroid dienone is 2. The summed E-state index contributed by atoms with van der Waals surface area (Å²) in [6.07, 6.45) is 13.2. The second-order valence-electron chi connectivity index (χ2n) is 7.77. The Morgan fingerprint density at radius 2 is 1.28 bits per heavy atom. The normalized spacial score (nSPS) is 14.6. The van der Waals surface area contributed by atoms with Crippen molar-refractivity contribution in [2.45, 2.75) is 38.1 Å². The molecule has 1 aliphatic rings. The summed E-state index contributed by atoms with van der Waals surface area (Å²) in [7, 11) is 0. The molecule has 1 aliphatic carbocycles. The predicted molar refractivity (Wildman–Crippen MR) is 126 cm³/mol. The van der Waals surface area contributed by atoms with Crippen LogP contribution in [0.15, 0.2) is 97.1 Å². The van der Waals surface area contributed by atoms with E-state index in [0.29, 0.717) is 6.04 Å². The summed E-state index contributed by atoms with van der Waals surface area (Å²) >= 11 is 0. The van der Waals surface area contributed by atoms with Gasteiger partial charge < -0.3 is 5.32 Å². The molecule has 0 unspecified atom stereocenters. The summed E-state index contributed by atoms with van der Waals surface area (Å²) in [4.78, 5) is 0. The molecule has 1 fully saturated rings. The highest BCUT2D eigenvalue weighted by atomic mass is 14.9. The van der Waals surface area contributed by atoms with Gasteiger partial charge in [0.15, 0.2) is 0 Å². The highest BCUT2D eigenvalue weighted by Gasteiger charge is 2.12. The van der Waals surface area contributed by atoms with Gasteiger partial charge in [0, 0.05) is 11.7 Å². The molecule has 4 rings (SSSR count). The molecule has 29 heavy (non-hydrogen) atoms. The van der Waals surface area contributed by atoms with Crippen molar-refractivity contribution in [3.05, 3.63) is 114 Å². The predicted octanol–water partition coefficient (Wildman–Crippen LogP) is 7.58. The lowest BCUT2D eigenvalue weighted by atomic mass is 9.95. The molecular formula is C28H29N. The van der Waals surface area contributed by atoms with Crippen molar-refractivity contribution >= 4 is 17.3 Å². The molecule has 0 heterocycles. The molecule has 0 amide bonds. The molecule has 0 aromatic heterocycles. The maximum Gasteiger partial charge on any atom is 0.0342 e. The highest BCUT2D eigenvalue weighted by molar-refractivity contribution is 5.81. The SMILES string of the molecule is C(=Cc1ccc(NC2CCCCC2)cc1)C=C(c1ccccc1)c1ccccc1. The average Bonchev–Trinajstić information content (AvgIpc) is 2.80. The average molecular weight is 380 g/mol. The van der Waals surface area contributed by atoms with E-state index in [-0.39, 0.29) is 0 Å². The van der Waals surface area contributed by atoms with E-state index < -0.39 is 0 Å². The van der Waals surface area contributed by atoms with Crippen LogP contribution in [0.2, 0.25) is 0 Å². The number of hydrogen-bond donors (Lipinski definition) is 1. The fourth-order valence-electron chi connectivity index (χ4n) is 4.02.